The molecule has 0 spiro atoms. The quantitative estimate of drug-likeness (QED) is 0.195. The van der Waals surface area contributed by atoms with Crippen molar-refractivity contribution in [3.63, 3.8) is 0 Å². The highest BCUT2D eigenvalue weighted by Crippen LogP contribution is 2.61. The van der Waals surface area contributed by atoms with E-state index in [0.717, 1.165) is 29.0 Å². The van der Waals surface area contributed by atoms with Gasteiger partial charge in [-0.1, -0.05) is 72.8 Å². The predicted molar refractivity (Wildman–Crippen MR) is 175 cm³/mol. The van der Waals surface area contributed by atoms with Gasteiger partial charge in [0.05, 0.1) is 18.2 Å². The van der Waals surface area contributed by atoms with Gasteiger partial charge in [-0.15, -0.1) is 11.3 Å². The van der Waals surface area contributed by atoms with E-state index in [9.17, 15) is 9.59 Å². The third-order valence-electron chi connectivity index (χ3n) is 9.15. The number of ether oxygens (including phenoxy) is 1. The second-order valence-corrected chi connectivity index (χ2v) is 12.6. The van der Waals surface area contributed by atoms with Crippen LogP contribution < -0.4 is 15.4 Å². The van der Waals surface area contributed by atoms with Crippen molar-refractivity contribution in [2.75, 3.05) is 19.0 Å². The molecule has 2 bridgehead atoms. The van der Waals surface area contributed by atoms with E-state index in [2.05, 4.69) is 66.1 Å². The second-order valence-electron chi connectivity index (χ2n) is 11.8. The van der Waals surface area contributed by atoms with E-state index in [0.29, 0.717) is 23.7 Å². The Hall–Kier alpha value is -4.75. The van der Waals surface area contributed by atoms with Crippen molar-refractivity contribution in [1.82, 2.24) is 10.3 Å². The number of thiazole rings is 1. The van der Waals surface area contributed by atoms with E-state index in [1.165, 1.54) is 33.6 Å². The van der Waals surface area contributed by atoms with Crippen molar-refractivity contribution in [1.29, 1.82) is 0 Å². The highest BCUT2D eigenvalue weighted by Gasteiger charge is 2.54. The largest absolute Gasteiger partial charge is 0.497 e. The van der Waals surface area contributed by atoms with E-state index < -0.39 is 5.41 Å². The minimum absolute atomic E-state index is 0.00151. The Kier molecular flexibility index (Phi) is 7.26. The zero-order valence-corrected chi connectivity index (χ0v) is 25.5. The first-order chi connectivity index (χ1) is 21.4. The summed E-state index contributed by atoms with van der Waals surface area (Å²) >= 11 is 1.42. The van der Waals surface area contributed by atoms with E-state index >= 15 is 0 Å². The molecular weight excluding hydrogens is 566 g/mol. The molecule has 2 N–H and O–H groups in total. The first-order valence-electron chi connectivity index (χ1n) is 14.9. The van der Waals surface area contributed by atoms with E-state index in [4.69, 9.17) is 9.72 Å². The SMILES string of the molecule is COc1cccc(CCNC(=O)c2ccc(-c3csc(NC(=O)C4(C)CC5c6ccccc6C4c4ccccc45)n3)cc2)c1. The first-order valence-corrected chi connectivity index (χ1v) is 15.8. The molecule has 2 amide bonds. The number of nitrogens with one attached hydrogen (secondary N) is 2. The smallest absolute Gasteiger partial charge is 0.251 e. The minimum atomic E-state index is -0.596. The van der Waals surface area contributed by atoms with Crippen LogP contribution in [-0.4, -0.2) is 30.5 Å². The molecule has 0 radical (unpaired) electrons. The topological polar surface area (TPSA) is 80.3 Å². The van der Waals surface area contributed by atoms with Crippen LogP contribution in [0, 0.1) is 5.41 Å². The van der Waals surface area contributed by atoms with Crippen LogP contribution in [0.15, 0.2) is 102 Å². The van der Waals surface area contributed by atoms with Crippen LogP contribution in [0.3, 0.4) is 0 Å². The molecule has 1 unspecified atom stereocenters. The number of hydrogen-bond acceptors (Lipinski definition) is 5. The molecule has 1 aromatic heterocycles. The summed E-state index contributed by atoms with van der Waals surface area (Å²) in [5.74, 6) is 0.879. The average molecular weight is 600 g/mol. The van der Waals surface area contributed by atoms with E-state index in [1.807, 2.05) is 53.9 Å². The van der Waals surface area contributed by atoms with Crippen LogP contribution in [0.5, 0.6) is 5.75 Å². The van der Waals surface area contributed by atoms with Crippen LogP contribution >= 0.6 is 11.3 Å². The van der Waals surface area contributed by atoms with Crippen molar-refractivity contribution < 1.29 is 14.3 Å². The van der Waals surface area contributed by atoms with Crippen molar-refractivity contribution in [3.8, 4) is 17.0 Å². The zero-order valence-electron chi connectivity index (χ0n) is 24.7. The molecule has 7 heteroatoms. The van der Waals surface area contributed by atoms with Gasteiger partial charge in [-0.25, -0.2) is 4.98 Å². The normalized spacial score (nSPS) is 19.5. The zero-order chi connectivity index (χ0) is 30.3. The van der Waals surface area contributed by atoms with Gasteiger partial charge in [0.15, 0.2) is 5.13 Å². The Morgan fingerprint density at radius 2 is 1.59 bits per heavy atom. The number of rotatable bonds is 8. The van der Waals surface area contributed by atoms with E-state index in [-0.39, 0.29) is 23.7 Å². The Bertz CT molecular complexity index is 1820. The lowest BCUT2D eigenvalue weighted by Gasteiger charge is -2.50. The third kappa shape index (κ3) is 4.97. The Labute approximate surface area is 261 Å². The maximum atomic E-state index is 14.0. The van der Waals surface area contributed by atoms with Gasteiger partial charge >= 0.3 is 0 Å². The maximum Gasteiger partial charge on any atom is 0.251 e. The fourth-order valence-corrected chi connectivity index (χ4v) is 7.65. The van der Waals surface area contributed by atoms with Crippen molar-refractivity contribution >= 4 is 28.3 Å². The predicted octanol–water partition coefficient (Wildman–Crippen LogP) is 7.42. The minimum Gasteiger partial charge on any atom is -0.497 e. The second kappa shape index (κ2) is 11.4. The van der Waals surface area contributed by atoms with Gasteiger partial charge in [-0.3, -0.25) is 9.59 Å². The number of carbonyl (C=O) groups excluding carboxylic acids is 2. The third-order valence-corrected chi connectivity index (χ3v) is 9.91. The highest BCUT2D eigenvalue weighted by molar-refractivity contribution is 7.14. The number of benzene rings is 4. The number of aromatic nitrogens is 1. The molecule has 3 aliphatic rings. The van der Waals surface area contributed by atoms with Gasteiger partial charge in [0, 0.05) is 34.9 Å². The summed E-state index contributed by atoms with van der Waals surface area (Å²) in [4.78, 5) is 31.4. The fourth-order valence-electron chi connectivity index (χ4n) is 6.94. The van der Waals surface area contributed by atoms with Gasteiger partial charge in [0.1, 0.15) is 5.75 Å². The number of nitrogens with zero attached hydrogens (tertiary/aromatic N) is 1. The van der Waals surface area contributed by atoms with Gasteiger partial charge in [0.2, 0.25) is 5.91 Å². The fraction of sp³-hybridized carbons (Fsp3) is 0.216. The lowest BCUT2D eigenvalue weighted by Crippen LogP contribution is -2.47. The molecule has 0 fully saturated rings. The molecule has 3 aliphatic carbocycles. The van der Waals surface area contributed by atoms with Gasteiger partial charge < -0.3 is 15.4 Å². The summed E-state index contributed by atoms with van der Waals surface area (Å²) in [6.07, 6.45) is 1.48. The molecule has 8 rings (SSSR count). The lowest BCUT2D eigenvalue weighted by atomic mass is 9.52. The van der Waals surface area contributed by atoms with Gasteiger partial charge in [-0.05, 0) is 71.8 Å². The molecular formula is C37H33N3O3S. The van der Waals surface area contributed by atoms with Crippen LogP contribution in [0.2, 0.25) is 0 Å². The van der Waals surface area contributed by atoms with Gasteiger partial charge in [-0.2, -0.15) is 0 Å². The molecule has 4 aromatic carbocycles. The summed E-state index contributed by atoms with van der Waals surface area (Å²) < 4.78 is 5.27. The number of anilines is 1. The van der Waals surface area contributed by atoms with Gasteiger partial charge in [0.25, 0.3) is 5.91 Å². The maximum absolute atomic E-state index is 14.0. The monoisotopic (exact) mass is 599 g/mol. The standard InChI is InChI=1S/C37H33N3O3S/c1-37(21-31-27-10-3-5-12-29(27)33(37)30-13-6-4-11-28(30)31)35(42)40-36-39-32(22-44-36)24-14-16-25(17-15-24)34(41)38-19-18-23-8-7-9-26(20-23)43-2/h3-17,20,22,31,33H,18-19,21H2,1-2H3,(H,38,41)(H,39,40,42). The Balaban J connectivity index is 1.02. The molecule has 6 nitrogen and oxygen atoms in total. The summed E-state index contributed by atoms with van der Waals surface area (Å²) in [6.45, 7) is 2.63. The van der Waals surface area contributed by atoms with Crippen LogP contribution in [0.25, 0.3) is 11.3 Å². The number of fused-ring (bicyclic) bond motifs is 1. The lowest BCUT2D eigenvalue weighted by molar-refractivity contribution is -0.126. The summed E-state index contributed by atoms with van der Waals surface area (Å²) in [7, 11) is 1.65. The summed E-state index contributed by atoms with van der Waals surface area (Å²) in [5.41, 5.74) is 7.94. The number of amides is 2. The molecule has 220 valence electrons. The number of hydrogen-bond donors (Lipinski definition) is 2. The van der Waals surface area contributed by atoms with Crippen LogP contribution in [-0.2, 0) is 11.2 Å². The van der Waals surface area contributed by atoms with Crippen LogP contribution in [0.1, 0.15) is 63.4 Å². The average Bonchev–Trinajstić information content (AvgIpc) is 3.53. The molecule has 44 heavy (non-hydrogen) atoms. The molecule has 1 atom stereocenters. The molecule has 5 aromatic rings. The summed E-state index contributed by atoms with van der Waals surface area (Å²) in [6, 6.07) is 32.4. The van der Waals surface area contributed by atoms with E-state index in [1.54, 1.807) is 7.11 Å². The number of methoxy groups -OCH3 is 1. The summed E-state index contributed by atoms with van der Waals surface area (Å²) in [5, 5.41) is 8.67. The van der Waals surface area contributed by atoms with Crippen LogP contribution in [0.4, 0.5) is 5.13 Å². The molecule has 0 aliphatic heterocycles. The number of carbonyl (C=O) groups is 2. The molecule has 0 saturated carbocycles. The highest BCUT2D eigenvalue weighted by atomic mass is 32.1. The Morgan fingerprint density at radius 1 is 0.909 bits per heavy atom. The molecule has 0 saturated heterocycles. The van der Waals surface area contributed by atoms with Crippen molar-refractivity contribution in [2.45, 2.75) is 31.6 Å². The molecule has 1 heterocycles. The first kappa shape index (κ1) is 28.0. The van der Waals surface area contributed by atoms with Crippen molar-refractivity contribution in [2.24, 2.45) is 5.41 Å². The van der Waals surface area contributed by atoms with Crippen molar-refractivity contribution in [3.05, 3.63) is 136 Å². The Morgan fingerprint density at radius 3 is 2.27 bits per heavy atom.